The quantitative estimate of drug-likeness (QED) is 0.460. The number of aromatic nitrogens is 1. The van der Waals surface area contributed by atoms with Gasteiger partial charge in [-0.1, -0.05) is 22.0 Å². The van der Waals surface area contributed by atoms with Crippen molar-refractivity contribution in [1.29, 1.82) is 0 Å². The predicted octanol–water partition coefficient (Wildman–Crippen LogP) is 1.62. The van der Waals surface area contributed by atoms with E-state index in [1.165, 1.54) is 13.3 Å². The molecular formula is C16H15BrN4O3. The molecule has 0 radical (unpaired) electrons. The maximum absolute atomic E-state index is 11.7. The van der Waals surface area contributed by atoms with Gasteiger partial charge in [-0.2, -0.15) is 5.10 Å². The van der Waals surface area contributed by atoms with E-state index in [4.69, 9.17) is 4.74 Å². The summed E-state index contributed by atoms with van der Waals surface area (Å²) in [4.78, 5) is 27.3. The summed E-state index contributed by atoms with van der Waals surface area (Å²) in [7, 11) is 1.53. The highest BCUT2D eigenvalue weighted by Gasteiger charge is 2.12. The number of benzene rings is 1. The minimum absolute atomic E-state index is 0.212. The molecule has 24 heavy (non-hydrogen) atoms. The number of hydrogen-bond acceptors (Lipinski definition) is 5. The Morgan fingerprint density at radius 1 is 1.33 bits per heavy atom. The zero-order valence-electron chi connectivity index (χ0n) is 12.8. The van der Waals surface area contributed by atoms with E-state index in [9.17, 15) is 9.59 Å². The van der Waals surface area contributed by atoms with Crippen LogP contribution in [0.1, 0.15) is 11.1 Å². The third kappa shape index (κ3) is 5.17. The van der Waals surface area contributed by atoms with Gasteiger partial charge in [0.2, 0.25) is 0 Å². The van der Waals surface area contributed by atoms with Gasteiger partial charge in [-0.3, -0.25) is 14.6 Å². The molecule has 0 spiro atoms. The Morgan fingerprint density at radius 2 is 2.17 bits per heavy atom. The van der Waals surface area contributed by atoms with E-state index >= 15 is 0 Å². The summed E-state index contributed by atoms with van der Waals surface area (Å²) in [5, 5.41) is 6.25. The second-order valence-corrected chi connectivity index (χ2v) is 5.55. The maximum Gasteiger partial charge on any atom is 0.329 e. The number of halogens is 1. The lowest BCUT2D eigenvalue weighted by Gasteiger charge is -2.05. The lowest BCUT2D eigenvalue weighted by Crippen LogP contribution is -2.37. The Labute approximate surface area is 147 Å². The molecule has 0 saturated carbocycles. The molecule has 7 nitrogen and oxygen atoms in total. The Kier molecular flexibility index (Phi) is 6.44. The first-order chi connectivity index (χ1) is 11.6. The van der Waals surface area contributed by atoms with E-state index in [0.717, 1.165) is 10.0 Å². The van der Waals surface area contributed by atoms with E-state index in [0.29, 0.717) is 11.3 Å². The van der Waals surface area contributed by atoms with Crippen LogP contribution < -0.4 is 15.5 Å². The van der Waals surface area contributed by atoms with Gasteiger partial charge < -0.3 is 10.1 Å². The molecule has 2 amide bonds. The van der Waals surface area contributed by atoms with E-state index in [2.05, 4.69) is 36.8 Å². The van der Waals surface area contributed by atoms with Gasteiger partial charge in [0.05, 0.1) is 13.3 Å². The van der Waals surface area contributed by atoms with Gasteiger partial charge in [0.1, 0.15) is 5.75 Å². The molecule has 0 aliphatic heterocycles. The van der Waals surface area contributed by atoms with Crippen molar-refractivity contribution in [3.8, 4) is 5.75 Å². The number of pyridine rings is 1. The van der Waals surface area contributed by atoms with Crippen molar-refractivity contribution < 1.29 is 14.3 Å². The predicted molar refractivity (Wildman–Crippen MR) is 92.5 cm³/mol. The van der Waals surface area contributed by atoms with Crippen LogP contribution in [-0.2, 0) is 16.1 Å². The monoisotopic (exact) mass is 390 g/mol. The fourth-order valence-electron chi connectivity index (χ4n) is 1.78. The maximum atomic E-state index is 11.7. The molecule has 1 heterocycles. The third-order valence-corrected chi connectivity index (χ3v) is 3.44. The first kappa shape index (κ1) is 17.6. The molecule has 2 N–H and O–H groups in total. The Balaban J connectivity index is 1.88. The molecule has 1 aromatic heterocycles. The molecule has 124 valence electrons. The van der Waals surface area contributed by atoms with Crippen molar-refractivity contribution in [2.45, 2.75) is 6.54 Å². The summed E-state index contributed by atoms with van der Waals surface area (Å²) in [6.45, 7) is 0.212. The second kappa shape index (κ2) is 8.78. The van der Waals surface area contributed by atoms with Crippen molar-refractivity contribution in [2.75, 3.05) is 7.11 Å². The number of hydrogen-bond donors (Lipinski definition) is 2. The van der Waals surface area contributed by atoms with Crippen LogP contribution in [0.25, 0.3) is 0 Å². The summed E-state index contributed by atoms with van der Waals surface area (Å²) in [5.41, 5.74) is 3.62. The normalized spacial score (nSPS) is 10.4. The number of rotatable bonds is 5. The number of nitrogens with zero attached hydrogens (tertiary/aromatic N) is 2. The number of amides is 2. The number of ether oxygens (including phenoxy) is 1. The van der Waals surface area contributed by atoms with Gasteiger partial charge in [-0.05, 0) is 29.8 Å². The van der Waals surface area contributed by atoms with Gasteiger partial charge in [0, 0.05) is 29.0 Å². The molecule has 0 aliphatic carbocycles. The zero-order chi connectivity index (χ0) is 17.4. The molecule has 0 bridgehead atoms. The molecule has 0 aliphatic rings. The smallest absolute Gasteiger partial charge is 0.329 e. The van der Waals surface area contributed by atoms with Crippen LogP contribution in [0.2, 0.25) is 0 Å². The molecule has 0 saturated heterocycles. The van der Waals surface area contributed by atoms with Crippen molar-refractivity contribution >= 4 is 34.0 Å². The number of nitrogens with one attached hydrogen (secondary N) is 2. The summed E-state index contributed by atoms with van der Waals surface area (Å²) in [5.74, 6) is -1.04. The number of methoxy groups -OCH3 is 1. The van der Waals surface area contributed by atoms with E-state index in [1.807, 2.05) is 6.07 Å². The fourth-order valence-corrected chi connectivity index (χ4v) is 2.16. The van der Waals surface area contributed by atoms with Crippen LogP contribution in [0.4, 0.5) is 0 Å². The van der Waals surface area contributed by atoms with Crippen LogP contribution >= 0.6 is 15.9 Å². The summed E-state index contributed by atoms with van der Waals surface area (Å²) in [6, 6.07) is 8.89. The molecule has 1 aromatic carbocycles. The summed E-state index contributed by atoms with van der Waals surface area (Å²) < 4.78 is 6.02. The molecule has 2 rings (SSSR count). The Hall–Kier alpha value is -2.74. The van der Waals surface area contributed by atoms with Gasteiger partial charge >= 0.3 is 11.8 Å². The van der Waals surface area contributed by atoms with Crippen LogP contribution in [0, 0.1) is 0 Å². The van der Waals surface area contributed by atoms with E-state index < -0.39 is 11.8 Å². The summed E-state index contributed by atoms with van der Waals surface area (Å²) >= 11 is 3.34. The highest BCUT2D eigenvalue weighted by atomic mass is 79.9. The van der Waals surface area contributed by atoms with Crippen LogP contribution in [-0.4, -0.2) is 30.1 Å². The third-order valence-electron chi connectivity index (χ3n) is 2.94. The lowest BCUT2D eigenvalue weighted by molar-refractivity contribution is -0.139. The molecular weight excluding hydrogens is 376 g/mol. The molecule has 0 atom stereocenters. The number of carbonyl (C=O) groups excluding carboxylic acids is 2. The van der Waals surface area contributed by atoms with Crippen LogP contribution in [0.15, 0.2) is 52.3 Å². The van der Waals surface area contributed by atoms with Crippen molar-refractivity contribution in [1.82, 2.24) is 15.7 Å². The minimum Gasteiger partial charge on any atom is -0.496 e. The molecule has 8 heteroatoms. The van der Waals surface area contributed by atoms with E-state index in [1.54, 1.807) is 36.7 Å². The van der Waals surface area contributed by atoms with Crippen molar-refractivity contribution in [3.05, 3.63) is 58.3 Å². The highest BCUT2D eigenvalue weighted by Crippen LogP contribution is 2.21. The average molecular weight is 391 g/mol. The van der Waals surface area contributed by atoms with Gasteiger partial charge in [0.25, 0.3) is 0 Å². The largest absolute Gasteiger partial charge is 0.496 e. The lowest BCUT2D eigenvalue weighted by atomic mass is 10.2. The SMILES string of the molecule is COc1ccc(Br)cc1C=NNC(=O)C(=O)NCc1cccnc1. The average Bonchev–Trinajstić information content (AvgIpc) is 2.60. The standard InChI is InChI=1S/C16H15BrN4O3/c1-24-14-5-4-13(17)7-12(14)10-20-21-16(23)15(22)19-9-11-3-2-6-18-8-11/h2-8,10H,9H2,1H3,(H,19,22)(H,21,23). The van der Waals surface area contributed by atoms with Crippen molar-refractivity contribution in [2.24, 2.45) is 5.10 Å². The molecule has 2 aromatic rings. The van der Waals surface area contributed by atoms with Crippen LogP contribution in [0.3, 0.4) is 0 Å². The van der Waals surface area contributed by atoms with Crippen molar-refractivity contribution in [3.63, 3.8) is 0 Å². The molecule has 0 unspecified atom stereocenters. The van der Waals surface area contributed by atoms with Gasteiger partial charge in [0.15, 0.2) is 0 Å². The fraction of sp³-hybridized carbons (Fsp3) is 0.125. The van der Waals surface area contributed by atoms with E-state index in [-0.39, 0.29) is 6.54 Å². The first-order valence-electron chi connectivity index (χ1n) is 6.94. The minimum atomic E-state index is -0.857. The Bertz CT molecular complexity index is 750. The van der Waals surface area contributed by atoms with Crippen LogP contribution in [0.5, 0.6) is 5.75 Å². The Morgan fingerprint density at radius 3 is 2.88 bits per heavy atom. The second-order valence-electron chi connectivity index (χ2n) is 4.63. The summed E-state index contributed by atoms with van der Waals surface area (Å²) in [6.07, 6.45) is 4.63. The zero-order valence-corrected chi connectivity index (χ0v) is 14.4. The number of hydrazone groups is 1. The topological polar surface area (TPSA) is 92.7 Å². The van der Waals surface area contributed by atoms with Gasteiger partial charge in [-0.15, -0.1) is 0 Å². The first-order valence-corrected chi connectivity index (χ1v) is 7.73. The molecule has 0 fully saturated rings. The van der Waals surface area contributed by atoms with Gasteiger partial charge in [-0.25, -0.2) is 5.43 Å². The number of carbonyl (C=O) groups is 2. The highest BCUT2D eigenvalue weighted by molar-refractivity contribution is 9.10.